The Bertz CT molecular complexity index is 1360. The first-order valence-electron chi connectivity index (χ1n) is 9.69. The van der Waals surface area contributed by atoms with Crippen LogP contribution in [0.5, 0.6) is 0 Å². The lowest BCUT2D eigenvalue weighted by Gasteiger charge is -2.15. The van der Waals surface area contributed by atoms with Crippen molar-refractivity contribution in [3.05, 3.63) is 88.8 Å². The van der Waals surface area contributed by atoms with E-state index in [1.54, 1.807) is 24.3 Å². The van der Waals surface area contributed by atoms with Crippen molar-refractivity contribution in [1.82, 2.24) is 9.29 Å². The Hall–Kier alpha value is -3.44. The Morgan fingerprint density at radius 1 is 1.15 bits per heavy atom. The number of rotatable bonds is 4. The number of amides is 1. The van der Waals surface area contributed by atoms with Crippen molar-refractivity contribution < 1.29 is 26.6 Å². The molecule has 1 aliphatic rings. The summed E-state index contributed by atoms with van der Waals surface area (Å²) in [6.45, 7) is 0. The van der Waals surface area contributed by atoms with Crippen LogP contribution in [0.1, 0.15) is 21.6 Å². The topological polar surface area (TPSA) is 87.0 Å². The van der Waals surface area contributed by atoms with Crippen LogP contribution < -0.4 is 10.0 Å². The van der Waals surface area contributed by atoms with E-state index < -0.39 is 45.1 Å². The number of benzene rings is 2. The molecule has 0 saturated carbocycles. The fourth-order valence-corrected chi connectivity index (χ4v) is 5.12. The lowest BCUT2D eigenvalue weighted by molar-refractivity contribution is 0.101. The molecule has 1 amide bonds. The smallest absolute Gasteiger partial charge is 0.272 e. The molecule has 2 atom stereocenters. The summed E-state index contributed by atoms with van der Waals surface area (Å²) in [7, 11) is -2.05. The van der Waals surface area contributed by atoms with Gasteiger partial charge in [0.15, 0.2) is 17.5 Å². The van der Waals surface area contributed by atoms with Gasteiger partial charge in [-0.1, -0.05) is 24.3 Å². The molecule has 1 aliphatic heterocycles. The molecule has 172 valence electrons. The normalized spacial score (nSPS) is 19.7. The van der Waals surface area contributed by atoms with Gasteiger partial charge in [0.2, 0.25) is 0 Å². The first-order chi connectivity index (χ1) is 15.5. The van der Waals surface area contributed by atoms with Crippen molar-refractivity contribution in [3.63, 3.8) is 0 Å². The summed E-state index contributed by atoms with van der Waals surface area (Å²) in [5.74, 6) is -5.76. The highest BCUT2D eigenvalue weighted by Gasteiger charge is 2.28. The van der Waals surface area contributed by atoms with Gasteiger partial charge in [-0.3, -0.25) is 4.79 Å². The molecule has 0 radical (unpaired) electrons. The summed E-state index contributed by atoms with van der Waals surface area (Å²) in [4.78, 5) is 12.9. The zero-order valence-electron chi connectivity index (χ0n) is 17.2. The van der Waals surface area contributed by atoms with Crippen LogP contribution in [0.25, 0.3) is 6.08 Å². The average molecular weight is 478 g/mol. The first-order valence-corrected chi connectivity index (χ1v) is 11.2. The summed E-state index contributed by atoms with van der Waals surface area (Å²) in [6, 6.07) is 6.49. The molecule has 0 bridgehead atoms. The second kappa shape index (κ2) is 8.49. The molecule has 6 nitrogen and oxygen atoms in total. The van der Waals surface area contributed by atoms with E-state index in [1.807, 2.05) is 0 Å². The maximum atomic E-state index is 13.5. The number of carbonyl (C=O) groups excluding carboxylic acids is 1. The molecule has 2 aromatic carbocycles. The number of halogens is 4. The molecule has 1 unspecified atom stereocenters. The number of nitrogens with one attached hydrogen (secondary N) is 3. The third-order valence-corrected chi connectivity index (χ3v) is 6.71. The minimum atomic E-state index is -3.54. The summed E-state index contributed by atoms with van der Waals surface area (Å²) < 4.78 is 79.0. The van der Waals surface area contributed by atoms with Gasteiger partial charge in [-0.05, 0) is 24.1 Å². The SMILES string of the molecule is Cn1cc2c(c1C(=O)Nc1cc(F)c(F)c(F)c1)C=C[C@H](Cc1ccc(F)cc1)NS2(=N)=O. The van der Waals surface area contributed by atoms with Gasteiger partial charge in [0.1, 0.15) is 21.4 Å². The maximum Gasteiger partial charge on any atom is 0.272 e. The predicted octanol–water partition coefficient (Wildman–Crippen LogP) is 4.38. The Labute approximate surface area is 187 Å². The molecule has 3 N–H and O–H groups in total. The molecule has 0 aliphatic carbocycles. The molecular formula is C22H18F4N4O2S. The minimum absolute atomic E-state index is 0.00408. The summed E-state index contributed by atoms with van der Waals surface area (Å²) in [6.07, 6.45) is 4.86. The second-order valence-electron chi connectivity index (χ2n) is 7.54. The average Bonchev–Trinajstić information content (AvgIpc) is 3.03. The molecule has 0 saturated heterocycles. The van der Waals surface area contributed by atoms with Gasteiger partial charge in [-0.15, -0.1) is 0 Å². The van der Waals surface area contributed by atoms with Crippen molar-refractivity contribution >= 4 is 27.6 Å². The van der Waals surface area contributed by atoms with Crippen LogP contribution in [-0.2, 0) is 23.4 Å². The standard InChI is InChI=1S/C22H18F4N4O2S/c1-30-11-19-16(21(30)22(31)28-15-9-17(24)20(26)18(25)10-15)7-6-14(29-33(19,27)32)8-12-2-4-13(23)5-3-12/h2-7,9-11,14H,8H2,1H3,(H,28,31)(H2,27,29,32)/t14-,33?/m1/s1. The monoisotopic (exact) mass is 478 g/mol. The van der Waals surface area contributed by atoms with Crippen LogP contribution in [0, 0.1) is 28.0 Å². The Morgan fingerprint density at radius 2 is 1.79 bits per heavy atom. The van der Waals surface area contributed by atoms with Gasteiger partial charge < -0.3 is 9.88 Å². The zero-order chi connectivity index (χ0) is 23.9. The van der Waals surface area contributed by atoms with Crippen molar-refractivity contribution in [3.8, 4) is 0 Å². The minimum Gasteiger partial charge on any atom is -0.345 e. The van der Waals surface area contributed by atoms with E-state index in [0.717, 1.165) is 5.56 Å². The van der Waals surface area contributed by atoms with E-state index in [9.17, 15) is 26.6 Å². The van der Waals surface area contributed by atoms with Gasteiger partial charge in [0.05, 0.1) is 4.90 Å². The first kappa shape index (κ1) is 22.7. The van der Waals surface area contributed by atoms with Crippen molar-refractivity contribution in [2.45, 2.75) is 17.4 Å². The highest BCUT2D eigenvalue weighted by Crippen LogP contribution is 2.28. The largest absolute Gasteiger partial charge is 0.345 e. The van der Waals surface area contributed by atoms with Crippen LogP contribution in [0.4, 0.5) is 23.2 Å². The second-order valence-corrected chi connectivity index (χ2v) is 9.33. The Morgan fingerprint density at radius 3 is 2.42 bits per heavy atom. The number of fused-ring (bicyclic) bond motifs is 1. The maximum absolute atomic E-state index is 13.5. The number of carbonyl (C=O) groups is 1. The molecule has 0 spiro atoms. The number of nitrogens with zero attached hydrogens (tertiary/aromatic N) is 1. The highest BCUT2D eigenvalue weighted by molar-refractivity contribution is 7.90. The van der Waals surface area contributed by atoms with Crippen molar-refractivity contribution in [2.24, 2.45) is 7.05 Å². The van der Waals surface area contributed by atoms with Gasteiger partial charge in [0.25, 0.3) is 5.91 Å². The van der Waals surface area contributed by atoms with Crippen LogP contribution >= 0.6 is 0 Å². The molecule has 2 heterocycles. The Balaban J connectivity index is 1.66. The summed E-state index contributed by atoms with van der Waals surface area (Å²) >= 11 is 0. The van der Waals surface area contributed by atoms with Crippen LogP contribution in [0.15, 0.2) is 53.6 Å². The lowest BCUT2D eigenvalue weighted by atomic mass is 10.1. The third kappa shape index (κ3) is 4.55. The van der Waals surface area contributed by atoms with Gasteiger partial charge in [-0.25, -0.2) is 31.3 Å². The van der Waals surface area contributed by atoms with Crippen molar-refractivity contribution in [1.29, 1.82) is 4.78 Å². The van der Waals surface area contributed by atoms with Crippen LogP contribution in [0.2, 0.25) is 0 Å². The lowest BCUT2D eigenvalue weighted by Crippen LogP contribution is -2.33. The molecule has 0 fully saturated rings. The van der Waals surface area contributed by atoms with E-state index in [2.05, 4.69) is 10.0 Å². The fourth-order valence-electron chi connectivity index (χ4n) is 3.62. The number of hydrogen-bond acceptors (Lipinski definition) is 3. The number of aryl methyl sites for hydroxylation is 1. The molecule has 1 aromatic heterocycles. The molecule has 33 heavy (non-hydrogen) atoms. The third-order valence-electron chi connectivity index (χ3n) is 5.13. The van der Waals surface area contributed by atoms with E-state index in [0.29, 0.717) is 18.6 Å². The van der Waals surface area contributed by atoms with Gasteiger partial charge in [-0.2, -0.15) is 0 Å². The van der Waals surface area contributed by atoms with E-state index in [1.165, 1.54) is 29.9 Å². The molecular weight excluding hydrogens is 460 g/mol. The molecule has 11 heteroatoms. The van der Waals surface area contributed by atoms with Crippen LogP contribution in [-0.4, -0.2) is 20.7 Å². The number of hydrogen-bond donors (Lipinski definition) is 3. The van der Waals surface area contributed by atoms with Gasteiger partial charge >= 0.3 is 0 Å². The summed E-state index contributed by atoms with van der Waals surface area (Å²) in [5.41, 5.74) is 0.643. The highest BCUT2D eigenvalue weighted by atomic mass is 32.2. The van der Waals surface area contributed by atoms with Crippen LogP contribution in [0.3, 0.4) is 0 Å². The van der Waals surface area contributed by atoms with E-state index >= 15 is 0 Å². The molecule has 3 aromatic rings. The van der Waals surface area contributed by atoms with E-state index in [4.69, 9.17) is 4.78 Å². The van der Waals surface area contributed by atoms with Gasteiger partial charge in [0, 0.05) is 42.7 Å². The summed E-state index contributed by atoms with van der Waals surface area (Å²) in [5, 5.41) is 2.30. The fraction of sp³-hybridized carbons (Fsp3) is 0.136. The Kier molecular flexibility index (Phi) is 5.85. The predicted molar refractivity (Wildman–Crippen MR) is 115 cm³/mol. The van der Waals surface area contributed by atoms with E-state index in [-0.39, 0.29) is 21.8 Å². The molecule has 4 rings (SSSR count). The number of aromatic nitrogens is 1. The quantitative estimate of drug-likeness (QED) is 0.384. The zero-order valence-corrected chi connectivity index (χ0v) is 18.0. The van der Waals surface area contributed by atoms with Crippen molar-refractivity contribution in [2.75, 3.05) is 5.32 Å². The number of anilines is 1.